The summed E-state index contributed by atoms with van der Waals surface area (Å²) >= 11 is 0. The maximum atomic E-state index is 12.7. The highest BCUT2D eigenvalue weighted by atomic mass is 19.4. The molecule has 1 saturated heterocycles. The number of nitrogens with one attached hydrogen (secondary N) is 1. The van der Waals surface area contributed by atoms with Crippen LogP contribution in [0.4, 0.5) is 19.0 Å². The number of hydrogen-bond acceptors (Lipinski definition) is 5. The fourth-order valence-corrected chi connectivity index (χ4v) is 3.33. The number of alkyl halides is 3. The monoisotopic (exact) mass is 416 g/mol. The van der Waals surface area contributed by atoms with Crippen LogP contribution in [0.3, 0.4) is 0 Å². The number of imidazole rings is 1. The molecule has 0 radical (unpaired) electrons. The van der Waals surface area contributed by atoms with E-state index < -0.39 is 11.7 Å². The average molecular weight is 416 g/mol. The fraction of sp³-hybridized carbons (Fsp3) is 0.300. The molecule has 30 heavy (non-hydrogen) atoms. The number of carbonyl (C=O) groups is 1. The van der Waals surface area contributed by atoms with Crippen LogP contribution in [0.2, 0.25) is 0 Å². The van der Waals surface area contributed by atoms with Gasteiger partial charge in [0.2, 0.25) is 0 Å². The summed E-state index contributed by atoms with van der Waals surface area (Å²) in [6.07, 6.45) is 4.37. The predicted molar refractivity (Wildman–Crippen MR) is 103 cm³/mol. The second kappa shape index (κ2) is 8.13. The van der Waals surface area contributed by atoms with Gasteiger partial charge >= 0.3 is 6.18 Å². The number of carbonyl (C=O) groups excluding carboxylic acids is 1. The van der Waals surface area contributed by atoms with Gasteiger partial charge in [0.15, 0.2) is 0 Å². The summed E-state index contributed by atoms with van der Waals surface area (Å²) in [7, 11) is 0. The van der Waals surface area contributed by atoms with Crippen LogP contribution in [0, 0.1) is 0 Å². The Bertz CT molecular complexity index is 979. The number of aromatic nitrogens is 4. The van der Waals surface area contributed by atoms with Crippen LogP contribution in [-0.4, -0.2) is 44.6 Å². The Hall–Kier alpha value is -3.43. The molecular weight excluding hydrogens is 397 g/mol. The highest BCUT2D eigenvalue weighted by molar-refractivity contribution is 5.94. The van der Waals surface area contributed by atoms with Crippen molar-refractivity contribution in [1.82, 2.24) is 24.8 Å². The van der Waals surface area contributed by atoms with Crippen molar-refractivity contribution in [2.75, 3.05) is 18.0 Å². The Morgan fingerprint density at radius 1 is 1.03 bits per heavy atom. The zero-order valence-electron chi connectivity index (χ0n) is 15.9. The third-order valence-electron chi connectivity index (χ3n) is 5.01. The molecule has 0 spiro atoms. The van der Waals surface area contributed by atoms with Gasteiger partial charge < -0.3 is 10.2 Å². The zero-order valence-corrected chi connectivity index (χ0v) is 15.9. The van der Waals surface area contributed by atoms with Crippen molar-refractivity contribution in [3.63, 3.8) is 0 Å². The summed E-state index contributed by atoms with van der Waals surface area (Å²) in [6.45, 7) is 1.20. The maximum absolute atomic E-state index is 12.7. The first kappa shape index (κ1) is 19.9. The lowest BCUT2D eigenvalue weighted by atomic mass is 10.0. The Balaban J connectivity index is 1.30. The number of anilines is 1. The van der Waals surface area contributed by atoms with Gasteiger partial charge in [-0.3, -0.25) is 9.36 Å². The minimum absolute atomic E-state index is 0.0171. The number of halogens is 3. The number of amides is 1. The third-order valence-corrected chi connectivity index (χ3v) is 5.01. The molecule has 0 atom stereocenters. The summed E-state index contributed by atoms with van der Waals surface area (Å²) in [4.78, 5) is 26.6. The van der Waals surface area contributed by atoms with Gasteiger partial charge in [0.05, 0.1) is 11.1 Å². The van der Waals surface area contributed by atoms with Crippen LogP contribution in [0.15, 0.2) is 55.4 Å². The lowest BCUT2D eigenvalue weighted by Crippen LogP contribution is -2.45. The number of piperidine rings is 1. The summed E-state index contributed by atoms with van der Waals surface area (Å²) in [6, 6.07) is 5.86. The molecule has 4 rings (SSSR count). The molecule has 1 amide bonds. The predicted octanol–water partition coefficient (Wildman–Crippen LogP) is 3.08. The molecule has 1 N–H and O–H groups in total. The van der Waals surface area contributed by atoms with Gasteiger partial charge in [0.25, 0.3) is 5.91 Å². The molecule has 156 valence electrons. The number of nitrogens with zero attached hydrogens (tertiary/aromatic N) is 5. The molecule has 0 aromatic carbocycles. The SMILES string of the molecule is O=C(NC1CCN(c2ccc(C(F)(F)F)cn2)CC1)c1ccc(-n2ccnc2)nc1. The highest BCUT2D eigenvalue weighted by Gasteiger charge is 2.31. The van der Waals surface area contributed by atoms with Crippen LogP contribution >= 0.6 is 0 Å². The summed E-state index contributed by atoms with van der Waals surface area (Å²) in [5.41, 5.74) is -0.299. The van der Waals surface area contributed by atoms with E-state index in [1.54, 1.807) is 35.4 Å². The Labute approximate surface area is 170 Å². The summed E-state index contributed by atoms with van der Waals surface area (Å²) < 4.78 is 39.7. The lowest BCUT2D eigenvalue weighted by molar-refractivity contribution is -0.137. The van der Waals surface area contributed by atoms with Crippen molar-refractivity contribution in [1.29, 1.82) is 0 Å². The van der Waals surface area contributed by atoms with Gasteiger partial charge in [0.1, 0.15) is 18.0 Å². The Morgan fingerprint density at radius 3 is 2.33 bits per heavy atom. The minimum Gasteiger partial charge on any atom is -0.356 e. The highest BCUT2D eigenvalue weighted by Crippen LogP contribution is 2.29. The van der Waals surface area contributed by atoms with Crippen molar-refractivity contribution < 1.29 is 18.0 Å². The van der Waals surface area contributed by atoms with Gasteiger partial charge in [-0.05, 0) is 37.1 Å². The van der Waals surface area contributed by atoms with E-state index >= 15 is 0 Å². The van der Waals surface area contributed by atoms with E-state index in [1.807, 2.05) is 4.90 Å². The van der Waals surface area contributed by atoms with E-state index in [-0.39, 0.29) is 11.9 Å². The van der Waals surface area contributed by atoms with E-state index in [9.17, 15) is 18.0 Å². The van der Waals surface area contributed by atoms with Crippen molar-refractivity contribution in [3.05, 3.63) is 66.5 Å². The average Bonchev–Trinajstić information content (AvgIpc) is 3.29. The topological polar surface area (TPSA) is 75.9 Å². The van der Waals surface area contributed by atoms with Crippen LogP contribution in [0.5, 0.6) is 0 Å². The van der Waals surface area contributed by atoms with Crippen molar-refractivity contribution in [2.45, 2.75) is 25.1 Å². The van der Waals surface area contributed by atoms with Crippen molar-refractivity contribution in [3.8, 4) is 5.82 Å². The fourth-order valence-electron chi connectivity index (χ4n) is 3.33. The molecule has 0 saturated carbocycles. The standard InChI is InChI=1S/C20H19F3N6O/c21-20(22,23)15-2-4-17(26-12-15)28-8-5-16(6-9-28)27-19(30)14-1-3-18(25-11-14)29-10-7-24-13-29/h1-4,7,10-13,16H,5-6,8-9H2,(H,27,30). The number of rotatable bonds is 4. The van der Waals surface area contributed by atoms with Gasteiger partial charge in [0, 0.05) is 43.9 Å². The van der Waals surface area contributed by atoms with Crippen LogP contribution < -0.4 is 10.2 Å². The molecule has 0 unspecified atom stereocenters. The van der Waals surface area contributed by atoms with Crippen molar-refractivity contribution >= 4 is 11.7 Å². The van der Waals surface area contributed by atoms with Gasteiger partial charge in [-0.25, -0.2) is 15.0 Å². The van der Waals surface area contributed by atoms with Gasteiger partial charge in [-0.1, -0.05) is 0 Å². The van der Waals surface area contributed by atoms with E-state index in [4.69, 9.17) is 0 Å². The van der Waals surface area contributed by atoms with E-state index in [1.165, 1.54) is 12.3 Å². The van der Waals surface area contributed by atoms with Gasteiger partial charge in [-0.15, -0.1) is 0 Å². The molecule has 7 nitrogen and oxygen atoms in total. The zero-order chi connectivity index (χ0) is 21.1. The summed E-state index contributed by atoms with van der Waals surface area (Å²) in [5.74, 6) is 0.972. The van der Waals surface area contributed by atoms with E-state index in [2.05, 4.69) is 20.3 Å². The second-order valence-electron chi connectivity index (χ2n) is 7.01. The first-order chi connectivity index (χ1) is 14.4. The van der Waals surface area contributed by atoms with Crippen LogP contribution in [0.25, 0.3) is 5.82 Å². The molecule has 4 heterocycles. The van der Waals surface area contributed by atoms with Gasteiger partial charge in [-0.2, -0.15) is 13.2 Å². The third kappa shape index (κ3) is 4.42. The second-order valence-corrected chi connectivity index (χ2v) is 7.01. The molecule has 3 aromatic heterocycles. The summed E-state index contributed by atoms with van der Waals surface area (Å²) in [5, 5.41) is 3.00. The molecule has 1 aliphatic heterocycles. The largest absolute Gasteiger partial charge is 0.417 e. The minimum atomic E-state index is -4.39. The molecule has 0 aliphatic carbocycles. The number of pyridine rings is 2. The quantitative estimate of drug-likeness (QED) is 0.708. The first-order valence-electron chi connectivity index (χ1n) is 9.43. The van der Waals surface area contributed by atoms with Crippen molar-refractivity contribution in [2.24, 2.45) is 0 Å². The Kier molecular flexibility index (Phi) is 5.39. The molecular formula is C20H19F3N6O. The Morgan fingerprint density at radius 2 is 1.77 bits per heavy atom. The normalized spacial score (nSPS) is 15.2. The molecule has 0 bridgehead atoms. The maximum Gasteiger partial charge on any atom is 0.417 e. The first-order valence-corrected chi connectivity index (χ1v) is 9.43. The molecule has 3 aromatic rings. The molecule has 10 heteroatoms. The number of hydrogen-bond donors (Lipinski definition) is 1. The molecule has 1 fully saturated rings. The van der Waals surface area contributed by atoms with E-state index in [0.717, 1.165) is 12.3 Å². The smallest absolute Gasteiger partial charge is 0.356 e. The van der Waals surface area contributed by atoms with E-state index in [0.29, 0.717) is 43.1 Å². The van der Waals surface area contributed by atoms with Crippen LogP contribution in [-0.2, 0) is 6.18 Å². The molecule has 1 aliphatic rings. The van der Waals surface area contributed by atoms with Crippen LogP contribution in [0.1, 0.15) is 28.8 Å². The lowest BCUT2D eigenvalue weighted by Gasteiger charge is -2.33.